The van der Waals surface area contributed by atoms with Gasteiger partial charge in [0.2, 0.25) is 0 Å². The summed E-state index contributed by atoms with van der Waals surface area (Å²) in [6, 6.07) is 0.549. The van der Waals surface area contributed by atoms with E-state index in [2.05, 4.69) is 17.5 Å². The van der Waals surface area contributed by atoms with E-state index in [1.54, 1.807) is 0 Å². The third-order valence-electron chi connectivity index (χ3n) is 2.27. The van der Waals surface area contributed by atoms with Gasteiger partial charge in [-0.1, -0.05) is 12.2 Å². The van der Waals surface area contributed by atoms with E-state index in [9.17, 15) is 4.79 Å². The van der Waals surface area contributed by atoms with Crippen molar-refractivity contribution in [3.8, 4) is 0 Å². The average molecular weight is 183 g/mol. The van der Waals surface area contributed by atoms with Gasteiger partial charge in [-0.15, -0.1) is 0 Å². The number of carboxylic acid groups (broad SMARTS) is 1. The molecule has 13 heavy (non-hydrogen) atoms. The molecule has 2 atom stereocenters. The van der Waals surface area contributed by atoms with Crippen molar-refractivity contribution in [2.75, 3.05) is 0 Å². The van der Waals surface area contributed by atoms with Gasteiger partial charge in [0.15, 0.2) is 0 Å². The van der Waals surface area contributed by atoms with Crippen LogP contribution in [0.15, 0.2) is 12.2 Å². The van der Waals surface area contributed by atoms with Crippen LogP contribution in [-0.4, -0.2) is 23.2 Å². The summed E-state index contributed by atoms with van der Waals surface area (Å²) in [4.78, 5) is 10.4. The van der Waals surface area contributed by atoms with Crippen LogP contribution in [0.2, 0.25) is 0 Å². The van der Waals surface area contributed by atoms with E-state index < -0.39 is 5.97 Å². The van der Waals surface area contributed by atoms with Crippen molar-refractivity contribution in [3.63, 3.8) is 0 Å². The highest BCUT2D eigenvalue weighted by Crippen LogP contribution is 2.11. The van der Waals surface area contributed by atoms with Crippen LogP contribution in [0.3, 0.4) is 0 Å². The van der Waals surface area contributed by atoms with Gasteiger partial charge in [0.1, 0.15) is 0 Å². The predicted octanol–water partition coefficient (Wildman–Crippen LogP) is 1.55. The molecule has 3 heteroatoms. The second kappa shape index (κ2) is 5.02. The number of rotatable bonds is 4. The molecule has 0 aromatic rings. The van der Waals surface area contributed by atoms with Crippen LogP contribution in [0, 0.1) is 0 Å². The Morgan fingerprint density at radius 2 is 2.46 bits per heavy atom. The Hall–Kier alpha value is -0.830. The quantitative estimate of drug-likeness (QED) is 0.650. The average Bonchev–Trinajstić information content (AvgIpc) is 2.04. The van der Waals surface area contributed by atoms with Gasteiger partial charge in [0.25, 0.3) is 0 Å². The summed E-state index contributed by atoms with van der Waals surface area (Å²) in [6.07, 6.45) is 7.82. The smallest absolute Gasteiger partial charge is 0.304 e. The molecule has 1 rings (SSSR count). The summed E-state index contributed by atoms with van der Waals surface area (Å²) in [5.74, 6) is -0.730. The molecule has 0 radical (unpaired) electrons. The molecule has 0 heterocycles. The Balaban J connectivity index is 2.23. The fourth-order valence-corrected chi connectivity index (χ4v) is 1.67. The molecule has 0 spiro atoms. The molecule has 2 unspecified atom stereocenters. The van der Waals surface area contributed by atoms with Gasteiger partial charge in [-0.05, 0) is 26.2 Å². The first-order chi connectivity index (χ1) is 6.18. The Kier molecular flexibility index (Phi) is 3.96. The highest BCUT2D eigenvalue weighted by Gasteiger charge is 2.14. The highest BCUT2D eigenvalue weighted by atomic mass is 16.4. The number of nitrogens with one attached hydrogen (secondary N) is 1. The van der Waals surface area contributed by atoms with Gasteiger partial charge >= 0.3 is 5.97 Å². The van der Waals surface area contributed by atoms with Gasteiger partial charge in [-0.25, -0.2) is 0 Å². The lowest BCUT2D eigenvalue weighted by molar-refractivity contribution is -0.137. The zero-order chi connectivity index (χ0) is 9.68. The number of allylic oxidation sites excluding steroid dienone is 1. The largest absolute Gasteiger partial charge is 0.481 e. The minimum atomic E-state index is -0.730. The lowest BCUT2D eigenvalue weighted by atomic mass is 10.0. The molecule has 0 saturated carbocycles. The lowest BCUT2D eigenvalue weighted by Crippen LogP contribution is -2.38. The van der Waals surface area contributed by atoms with E-state index in [0.717, 1.165) is 19.3 Å². The van der Waals surface area contributed by atoms with Crippen LogP contribution in [0.4, 0.5) is 0 Å². The molecule has 0 saturated heterocycles. The zero-order valence-electron chi connectivity index (χ0n) is 7.99. The van der Waals surface area contributed by atoms with E-state index in [1.807, 2.05) is 6.92 Å². The van der Waals surface area contributed by atoms with Crippen molar-refractivity contribution in [3.05, 3.63) is 12.2 Å². The normalized spacial score (nSPS) is 24.2. The van der Waals surface area contributed by atoms with Crippen molar-refractivity contribution in [1.82, 2.24) is 5.32 Å². The van der Waals surface area contributed by atoms with Gasteiger partial charge in [0, 0.05) is 12.1 Å². The fourth-order valence-electron chi connectivity index (χ4n) is 1.67. The van der Waals surface area contributed by atoms with Gasteiger partial charge in [-0.2, -0.15) is 0 Å². The van der Waals surface area contributed by atoms with E-state index in [0.29, 0.717) is 6.04 Å². The first-order valence-electron chi connectivity index (χ1n) is 4.81. The molecule has 0 aromatic carbocycles. The van der Waals surface area contributed by atoms with E-state index in [1.165, 1.54) is 0 Å². The molecular formula is C10H17NO2. The second-order valence-electron chi connectivity index (χ2n) is 3.65. The predicted molar refractivity (Wildman–Crippen MR) is 51.6 cm³/mol. The number of carboxylic acids is 1. The maximum absolute atomic E-state index is 10.4. The zero-order valence-corrected chi connectivity index (χ0v) is 7.99. The van der Waals surface area contributed by atoms with Crippen molar-refractivity contribution in [2.45, 2.75) is 44.7 Å². The first-order valence-corrected chi connectivity index (χ1v) is 4.81. The van der Waals surface area contributed by atoms with Crippen molar-refractivity contribution >= 4 is 5.97 Å². The summed E-state index contributed by atoms with van der Waals surface area (Å²) >= 11 is 0. The third kappa shape index (κ3) is 4.08. The standard InChI is InChI=1S/C10H17NO2/c1-8(7-10(12)13)11-9-5-3-2-4-6-9/h2-3,8-9,11H,4-7H2,1H3,(H,12,13). The molecular weight excluding hydrogens is 166 g/mol. The minimum Gasteiger partial charge on any atom is -0.481 e. The summed E-state index contributed by atoms with van der Waals surface area (Å²) in [7, 11) is 0. The van der Waals surface area contributed by atoms with E-state index >= 15 is 0 Å². The Morgan fingerprint density at radius 3 is 3.00 bits per heavy atom. The monoisotopic (exact) mass is 183 g/mol. The lowest BCUT2D eigenvalue weighted by Gasteiger charge is -2.23. The van der Waals surface area contributed by atoms with Crippen LogP contribution < -0.4 is 5.32 Å². The Morgan fingerprint density at radius 1 is 1.69 bits per heavy atom. The molecule has 0 bridgehead atoms. The van der Waals surface area contributed by atoms with Crippen molar-refractivity contribution < 1.29 is 9.90 Å². The summed E-state index contributed by atoms with van der Waals surface area (Å²) in [6.45, 7) is 1.92. The molecule has 0 amide bonds. The molecule has 0 aliphatic heterocycles. The van der Waals surface area contributed by atoms with Crippen LogP contribution in [-0.2, 0) is 4.79 Å². The number of carbonyl (C=O) groups is 1. The molecule has 2 N–H and O–H groups in total. The molecule has 0 aromatic heterocycles. The van der Waals surface area contributed by atoms with Crippen molar-refractivity contribution in [2.24, 2.45) is 0 Å². The van der Waals surface area contributed by atoms with Crippen molar-refractivity contribution in [1.29, 1.82) is 0 Å². The third-order valence-corrected chi connectivity index (χ3v) is 2.27. The summed E-state index contributed by atoms with van der Waals surface area (Å²) in [5.41, 5.74) is 0. The van der Waals surface area contributed by atoms with Gasteiger partial charge < -0.3 is 10.4 Å². The SMILES string of the molecule is CC(CC(=O)O)NC1CC=CCC1. The maximum Gasteiger partial charge on any atom is 0.304 e. The maximum atomic E-state index is 10.4. The van der Waals surface area contributed by atoms with Crippen LogP contribution in [0.1, 0.15) is 32.6 Å². The number of aliphatic carboxylic acids is 1. The molecule has 1 aliphatic carbocycles. The topological polar surface area (TPSA) is 49.3 Å². The molecule has 0 fully saturated rings. The Labute approximate surface area is 78.8 Å². The summed E-state index contributed by atoms with van der Waals surface area (Å²) < 4.78 is 0. The fraction of sp³-hybridized carbons (Fsp3) is 0.700. The molecule has 1 aliphatic rings. The van der Waals surface area contributed by atoms with Crippen LogP contribution in [0.25, 0.3) is 0 Å². The summed E-state index contributed by atoms with van der Waals surface area (Å²) in [5, 5.41) is 11.9. The second-order valence-corrected chi connectivity index (χ2v) is 3.65. The number of hydrogen-bond donors (Lipinski definition) is 2. The van der Waals surface area contributed by atoms with Crippen LogP contribution >= 0.6 is 0 Å². The van der Waals surface area contributed by atoms with E-state index in [-0.39, 0.29) is 12.5 Å². The Bertz CT molecular complexity index is 201. The molecule has 3 nitrogen and oxygen atoms in total. The minimum absolute atomic E-state index is 0.0778. The van der Waals surface area contributed by atoms with Crippen LogP contribution in [0.5, 0.6) is 0 Å². The number of hydrogen-bond acceptors (Lipinski definition) is 2. The molecule has 74 valence electrons. The highest BCUT2D eigenvalue weighted by molar-refractivity contribution is 5.67. The van der Waals surface area contributed by atoms with E-state index in [4.69, 9.17) is 5.11 Å². The first kappa shape index (κ1) is 10.3. The van der Waals surface area contributed by atoms with Gasteiger partial charge in [-0.3, -0.25) is 4.79 Å². The van der Waals surface area contributed by atoms with Gasteiger partial charge in [0.05, 0.1) is 6.42 Å².